The van der Waals surface area contributed by atoms with Gasteiger partial charge in [-0.25, -0.2) is 9.67 Å². The van der Waals surface area contributed by atoms with Crippen molar-refractivity contribution in [2.24, 2.45) is 10.7 Å². The van der Waals surface area contributed by atoms with Gasteiger partial charge in [-0.2, -0.15) is 5.10 Å². The van der Waals surface area contributed by atoms with E-state index in [1.54, 1.807) is 7.11 Å². The molecule has 1 heterocycles. The van der Waals surface area contributed by atoms with E-state index in [1.165, 1.54) is 25.7 Å². The summed E-state index contributed by atoms with van der Waals surface area (Å²) in [4.78, 5) is 4.38. The topological polar surface area (TPSA) is 77.5 Å². The summed E-state index contributed by atoms with van der Waals surface area (Å²) in [6, 6.07) is 10.2. The van der Waals surface area contributed by atoms with Crippen LogP contribution in [-0.4, -0.2) is 28.9 Å². The molecule has 3 N–H and O–H groups in total. The molecule has 2 aromatic rings. The number of benzene rings is 1. The third-order valence-corrected chi connectivity index (χ3v) is 4.10. The number of nitrogens with zero attached hydrogens (tertiary/aromatic N) is 3. The molecule has 1 aliphatic carbocycles. The molecule has 0 bridgehead atoms. The number of halogens is 1. The molecule has 1 saturated carbocycles. The van der Waals surface area contributed by atoms with Crippen LogP contribution < -0.4 is 15.8 Å². The number of aliphatic imine (C=N–C) groups is 1. The molecule has 1 aromatic carbocycles. The average molecular weight is 441 g/mol. The Hall–Kier alpha value is -1.77. The molecule has 3 rings (SSSR count). The first-order valence-electron chi connectivity index (χ1n) is 8.00. The molecule has 0 atom stereocenters. The highest BCUT2D eigenvalue weighted by Crippen LogP contribution is 2.17. The number of methoxy groups -OCH3 is 1. The fraction of sp³-hybridized carbons (Fsp3) is 0.412. The molecule has 1 aromatic heterocycles. The molecule has 0 unspecified atom stereocenters. The molecule has 0 radical (unpaired) electrons. The highest BCUT2D eigenvalue weighted by molar-refractivity contribution is 14.0. The molecule has 24 heavy (non-hydrogen) atoms. The van der Waals surface area contributed by atoms with E-state index < -0.39 is 0 Å². The summed E-state index contributed by atoms with van der Waals surface area (Å²) in [5.74, 6) is 1.34. The van der Waals surface area contributed by atoms with Crippen LogP contribution in [0.3, 0.4) is 0 Å². The second-order valence-corrected chi connectivity index (χ2v) is 5.78. The third kappa shape index (κ3) is 4.86. The summed E-state index contributed by atoms with van der Waals surface area (Å²) in [5.41, 5.74) is 7.81. The molecule has 0 saturated heterocycles. The van der Waals surface area contributed by atoms with E-state index in [0.717, 1.165) is 17.1 Å². The van der Waals surface area contributed by atoms with Crippen LogP contribution in [0.1, 0.15) is 31.4 Å². The van der Waals surface area contributed by atoms with Crippen LogP contribution in [0.2, 0.25) is 0 Å². The SMILES string of the molecule is COc1ccc(-n2ccc(CN=C(N)NC3CCCC3)n2)cc1.I. The van der Waals surface area contributed by atoms with Crippen molar-refractivity contribution in [2.75, 3.05) is 7.11 Å². The van der Waals surface area contributed by atoms with E-state index in [2.05, 4.69) is 15.4 Å². The Bertz CT molecular complexity index is 662. The molecule has 1 fully saturated rings. The van der Waals surface area contributed by atoms with Crippen molar-refractivity contribution >= 4 is 29.9 Å². The van der Waals surface area contributed by atoms with Gasteiger partial charge in [-0.3, -0.25) is 0 Å². The third-order valence-electron chi connectivity index (χ3n) is 4.10. The molecular formula is C17H24IN5O. The van der Waals surface area contributed by atoms with Gasteiger partial charge in [-0.1, -0.05) is 12.8 Å². The smallest absolute Gasteiger partial charge is 0.189 e. The van der Waals surface area contributed by atoms with Crippen molar-refractivity contribution in [3.8, 4) is 11.4 Å². The largest absolute Gasteiger partial charge is 0.497 e. The van der Waals surface area contributed by atoms with Crippen LogP contribution in [0.15, 0.2) is 41.5 Å². The zero-order valence-corrected chi connectivity index (χ0v) is 16.1. The highest BCUT2D eigenvalue weighted by atomic mass is 127. The van der Waals surface area contributed by atoms with Crippen LogP contribution in [0.25, 0.3) is 5.69 Å². The Balaban J connectivity index is 0.00000208. The molecular weight excluding hydrogens is 417 g/mol. The Morgan fingerprint density at radius 3 is 2.67 bits per heavy atom. The maximum absolute atomic E-state index is 5.94. The second kappa shape index (κ2) is 8.91. The van der Waals surface area contributed by atoms with E-state index in [4.69, 9.17) is 10.5 Å². The number of hydrogen-bond donors (Lipinski definition) is 2. The lowest BCUT2D eigenvalue weighted by atomic mass is 10.2. The minimum atomic E-state index is 0. The zero-order chi connectivity index (χ0) is 16.1. The maximum Gasteiger partial charge on any atom is 0.189 e. The lowest BCUT2D eigenvalue weighted by Gasteiger charge is -2.11. The summed E-state index contributed by atoms with van der Waals surface area (Å²) >= 11 is 0. The summed E-state index contributed by atoms with van der Waals surface area (Å²) in [6.07, 6.45) is 6.84. The van der Waals surface area contributed by atoms with Crippen LogP contribution in [0.5, 0.6) is 5.75 Å². The van der Waals surface area contributed by atoms with E-state index in [0.29, 0.717) is 18.5 Å². The van der Waals surface area contributed by atoms with Crippen molar-refractivity contribution < 1.29 is 4.74 Å². The van der Waals surface area contributed by atoms with Gasteiger partial charge in [0.15, 0.2) is 5.96 Å². The number of ether oxygens (including phenoxy) is 1. The van der Waals surface area contributed by atoms with Crippen molar-refractivity contribution in [1.29, 1.82) is 0 Å². The monoisotopic (exact) mass is 441 g/mol. The van der Waals surface area contributed by atoms with Crippen molar-refractivity contribution in [2.45, 2.75) is 38.3 Å². The van der Waals surface area contributed by atoms with Crippen molar-refractivity contribution in [1.82, 2.24) is 15.1 Å². The van der Waals surface area contributed by atoms with Gasteiger partial charge in [0.2, 0.25) is 0 Å². The van der Waals surface area contributed by atoms with Gasteiger partial charge in [0.1, 0.15) is 5.75 Å². The molecule has 7 heteroatoms. The van der Waals surface area contributed by atoms with Gasteiger partial charge in [-0.15, -0.1) is 24.0 Å². The van der Waals surface area contributed by atoms with Gasteiger partial charge in [0.05, 0.1) is 25.0 Å². The first-order valence-corrected chi connectivity index (χ1v) is 8.00. The van der Waals surface area contributed by atoms with Gasteiger partial charge in [0, 0.05) is 12.2 Å². The number of aromatic nitrogens is 2. The van der Waals surface area contributed by atoms with E-state index in [-0.39, 0.29) is 24.0 Å². The number of nitrogens with two attached hydrogens (primary N) is 1. The highest BCUT2D eigenvalue weighted by Gasteiger charge is 2.14. The Morgan fingerprint density at radius 2 is 2.00 bits per heavy atom. The predicted octanol–water partition coefficient (Wildman–Crippen LogP) is 2.85. The van der Waals surface area contributed by atoms with E-state index in [1.807, 2.05) is 41.2 Å². The summed E-state index contributed by atoms with van der Waals surface area (Å²) in [5, 5.41) is 7.80. The van der Waals surface area contributed by atoms with Crippen LogP contribution >= 0.6 is 24.0 Å². The normalized spacial score (nSPS) is 15.1. The molecule has 0 aliphatic heterocycles. The number of guanidine groups is 1. The minimum absolute atomic E-state index is 0. The Labute approximate surface area is 159 Å². The lowest BCUT2D eigenvalue weighted by Crippen LogP contribution is -2.38. The Morgan fingerprint density at radius 1 is 1.29 bits per heavy atom. The number of nitrogens with one attached hydrogen (secondary N) is 1. The maximum atomic E-state index is 5.94. The van der Waals surface area contributed by atoms with Crippen LogP contribution in [0.4, 0.5) is 0 Å². The van der Waals surface area contributed by atoms with Crippen LogP contribution in [0, 0.1) is 0 Å². The van der Waals surface area contributed by atoms with E-state index >= 15 is 0 Å². The molecule has 1 aliphatic rings. The number of rotatable bonds is 5. The summed E-state index contributed by atoms with van der Waals surface area (Å²) in [6.45, 7) is 0.481. The minimum Gasteiger partial charge on any atom is -0.497 e. The van der Waals surface area contributed by atoms with Gasteiger partial charge in [-0.05, 0) is 43.2 Å². The standard InChI is InChI=1S/C17H23N5O.HI/c1-23-16-8-6-15(7-9-16)22-11-10-14(21-22)12-19-17(18)20-13-4-2-3-5-13;/h6-11,13H,2-5,12H2,1H3,(H3,18,19,20);1H. The van der Waals surface area contributed by atoms with E-state index in [9.17, 15) is 0 Å². The van der Waals surface area contributed by atoms with Crippen LogP contribution in [-0.2, 0) is 6.54 Å². The van der Waals surface area contributed by atoms with Gasteiger partial charge >= 0.3 is 0 Å². The number of hydrogen-bond acceptors (Lipinski definition) is 3. The van der Waals surface area contributed by atoms with Gasteiger partial charge < -0.3 is 15.8 Å². The second-order valence-electron chi connectivity index (χ2n) is 5.78. The quantitative estimate of drug-likeness (QED) is 0.425. The fourth-order valence-corrected chi connectivity index (χ4v) is 2.82. The molecule has 130 valence electrons. The first-order chi connectivity index (χ1) is 11.2. The van der Waals surface area contributed by atoms with Crippen molar-refractivity contribution in [3.05, 3.63) is 42.2 Å². The summed E-state index contributed by atoms with van der Waals surface area (Å²) < 4.78 is 6.99. The summed E-state index contributed by atoms with van der Waals surface area (Å²) in [7, 11) is 1.66. The van der Waals surface area contributed by atoms with Gasteiger partial charge in [0.25, 0.3) is 0 Å². The molecule has 6 nitrogen and oxygen atoms in total. The fourth-order valence-electron chi connectivity index (χ4n) is 2.82. The average Bonchev–Trinajstić information content (AvgIpc) is 3.25. The molecule has 0 spiro atoms. The predicted molar refractivity (Wildman–Crippen MR) is 106 cm³/mol. The Kier molecular flexibility index (Phi) is 6.89. The lowest BCUT2D eigenvalue weighted by molar-refractivity contribution is 0.414. The first kappa shape index (κ1) is 18.6. The van der Waals surface area contributed by atoms with Crippen molar-refractivity contribution in [3.63, 3.8) is 0 Å². The zero-order valence-electron chi connectivity index (χ0n) is 13.8. The molecule has 0 amide bonds.